The summed E-state index contributed by atoms with van der Waals surface area (Å²) in [6.07, 6.45) is 2.73. The molecule has 0 saturated heterocycles. The largest absolute Gasteiger partial charge is 0.478 e. The van der Waals surface area contributed by atoms with Crippen molar-refractivity contribution in [1.82, 2.24) is 9.97 Å². The molecule has 6 nitrogen and oxygen atoms in total. The molecule has 0 atom stereocenters. The Balaban J connectivity index is 0.000000208. The summed E-state index contributed by atoms with van der Waals surface area (Å²) in [5.41, 5.74) is 1.95. The lowest BCUT2D eigenvalue weighted by Crippen LogP contribution is -2.00. The molecule has 138 valence electrons. The maximum atomic E-state index is 12.7. The zero-order chi connectivity index (χ0) is 19.8. The highest BCUT2D eigenvalue weighted by Crippen LogP contribution is 2.17. The van der Waals surface area contributed by atoms with E-state index in [1.807, 2.05) is 0 Å². The maximum Gasteiger partial charge on any atom is 0.339 e. The van der Waals surface area contributed by atoms with Gasteiger partial charge in [0.05, 0.1) is 23.9 Å². The van der Waals surface area contributed by atoms with Crippen LogP contribution in [0.1, 0.15) is 20.7 Å². The van der Waals surface area contributed by atoms with Crippen molar-refractivity contribution in [2.24, 2.45) is 0 Å². The summed E-state index contributed by atoms with van der Waals surface area (Å²) in [5, 5.41) is 8.69. The molecule has 2 aromatic heterocycles. The van der Waals surface area contributed by atoms with Crippen molar-refractivity contribution in [3.8, 4) is 11.3 Å². The number of rotatable bonds is 3. The van der Waals surface area contributed by atoms with Crippen molar-refractivity contribution in [2.75, 3.05) is 7.11 Å². The number of carboxylic acid groups (broad SMARTS) is 1. The third-order valence-electron chi connectivity index (χ3n) is 3.30. The van der Waals surface area contributed by atoms with E-state index in [4.69, 9.17) is 5.11 Å². The molecular weight excluding hydrogens is 419 g/mol. The summed E-state index contributed by atoms with van der Waals surface area (Å²) in [7, 11) is 1.34. The average Bonchev–Trinajstić information content (AvgIpc) is 2.69. The number of nitrogens with zero attached hydrogens (tertiary/aromatic N) is 2. The SMILES string of the molecule is COC(=O)c1ccc(Br)nc1.O=C(O)c1ccc(-c2ccc(F)cc2)nc1. The van der Waals surface area contributed by atoms with E-state index in [0.717, 1.165) is 5.56 Å². The smallest absolute Gasteiger partial charge is 0.339 e. The number of carbonyl (C=O) groups excluding carboxylic acids is 1. The molecule has 1 aromatic carbocycles. The summed E-state index contributed by atoms with van der Waals surface area (Å²) >= 11 is 3.15. The number of halogens is 2. The number of esters is 1. The Kier molecular flexibility index (Phi) is 7.13. The van der Waals surface area contributed by atoms with Gasteiger partial charge in [0, 0.05) is 18.0 Å². The second-order valence-electron chi connectivity index (χ2n) is 5.11. The van der Waals surface area contributed by atoms with Crippen molar-refractivity contribution >= 4 is 27.9 Å². The van der Waals surface area contributed by atoms with Gasteiger partial charge in [-0.15, -0.1) is 0 Å². The van der Waals surface area contributed by atoms with Gasteiger partial charge >= 0.3 is 11.9 Å². The van der Waals surface area contributed by atoms with Crippen molar-refractivity contribution < 1.29 is 23.8 Å². The molecule has 27 heavy (non-hydrogen) atoms. The van der Waals surface area contributed by atoms with Crippen LogP contribution in [-0.4, -0.2) is 34.1 Å². The zero-order valence-electron chi connectivity index (χ0n) is 14.1. The maximum absolute atomic E-state index is 12.7. The topological polar surface area (TPSA) is 89.4 Å². The fraction of sp³-hybridized carbons (Fsp3) is 0.0526. The standard InChI is InChI=1S/C12H8FNO2.C7H6BrNO2/c13-10-4-1-8(2-5-10)11-6-3-9(7-14-11)12(15)16;1-11-7(10)5-2-3-6(8)9-4-5/h1-7H,(H,15,16);2-4H,1H3. The van der Waals surface area contributed by atoms with E-state index in [9.17, 15) is 14.0 Å². The van der Waals surface area contributed by atoms with Crippen LogP contribution in [0.4, 0.5) is 4.39 Å². The number of aromatic carboxylic acids is 1. The van der Waals surface area contributed by atoms with Crippen LogP contribution in [-0.2, 0) is 4.74 Å². The average molecular weight is 433 g/mol. The van der Waals surface area contributed by atoms with Gasteiger partial charge in [-0.05, 0) is 64.5 Å². The van der Waals surface area contributed by atoms with Gasteiger partial charge in [0.1, 0.15) is 10.4 Å². The molecule has 0 bridgehead atoms. The number of pyridine rings is 2. The Morgan fingerprint density at radius 3 is 2.07 bits per heavy atom. The summed E-state index contributed by atoms with van der Waals surface area (Å²) in [4.78, 5) is 29.3. The Labute approximate surface area is 162 Å². The van der Waals surface area contributed by atoms with Crippen LogP contribution in [0, 0.1) is 5.82 Å². The van der Waals surface area contributed by atoms with Crippen molar-refractivity contribution in [3.05, 3.63) is 82.5 Å². The van der Waals surface area contributed by atoms with Crippen LogP contribution < -0.4 is 0 Å². The molecule has 3 aromatic rings. The first-order valence-corrected chi connectivity index (χ1v) is 8.35. The third-order valence-corrected chi connectivity index (χ3v) is 3.77. The van der Waals surface area contributed by atoms with Gasteiger partial charge in [-0.25, -0.2) is 19.0 Å². The Bertz CT molecular complexity index is 914. The van der Waals surface area contributed by atoms with E-state index in [0.29, 0.717) is 15.9 Å². The fourth-order valence-corrected chi connectivity index (χ4v) is 2.16. The molecule has 3 rings (SSSR count). The van der Waals surface area contributed by atoms with Gasteiger partial charge in [0.15, 0.2) is 0 Å². The highest BCUT2D eigenvalue weighted by atomic mass is 79.9. The number of aromatic nitrogens is 2. The van der Waals surface area contributed by atoms with E-state index in [-0.39, 0.29) is 17.3 Å². The normalized spacial score (nSPS) is 9.74. The lowest BCUT2D eigenvalue weighted by atomic mass is 10.1. The quantitative estimate of drug-likeness (QED) is 0.492. The third kappa shape index (κ3) is 5.96. The number of benzene rings is 1. The van der Waals surface area contributed by atoms with Crippen LogP contribution in [0.15, 0.2) is 65.5 Å². The summed E-state index contributed by atoms with van der Waals surface area (Å²) < 4.78 is 17.9. The lowest BCUT2D eigenvalue weighted by molar-refractivity contribution is 0.0599. The van der Waals surface area contributed by atoms with Crippen LogP contribution in [0.5, 0.6) is 0 Å². The number of carbonyl (C=O) groups is 2. The van der Waals surface area contributed by atoms with E-state index >= 15 is 0 Å². The first kappa shape index (κ1) is 20.2. The number of hydrogen-bond acceptors (Lipinski definition) is 5. The second-order valence-corrected chi connectivity index (χ2v) is 5.92. The number of carboxylic acids is 1. The number of ether oxygens (including phenoxy) is 1. The molecule has 0 unspecified atom stereocenters. The molecule has 0 amide bonds. The Morgan fingerprint density at radius 2 is 1.59 bits per heavy atom. The van der Waals surface area contributed by atoms with Crippen molar-refractivity contribution in [1.29, 1.82) is 0 Å². The zero-order valence-corrected chi connectivity index (χ0v) is 15.7. The second kappa shape index (κ2) is 9.54. The summed E-state index contributed by atoms with van der Waals surface area (Å²) in [5.74, 6) is -1.70. The molecular formula is C19H14BrFN2O4. The first-order valence-electron chi connectivity index (χ1n) is 7.56. The monoisotopic (exact) mass is 432 g/mol. The molecule has 8 heteroatoms. The minimum Gasteiger partial charge on any atom is -0.478 e. The molecule has 0 aliphatic heterocycles. The van der Waals surface area contributed by atoms with Gasteiger partial charge in [0.25, 0.3) is 0 Å². The molecule has 2 heterocycles. The minimum absolute atomic E-state index is 0.130. The summed E-state index contributed by atoms with van der Waals surface area (Å²) in [6, 6.07) is 12.3. The van der Waals surface area contributed by atoms with Crippen LogP contribution in [0.2, 0.25) is 0 Å². The van der Waals surface area contributed by atoms with Crippen LogP contribution in [0.25, 0.3) is 11.3 Å². The van der Waals surface area contributed by atoms with E-state index in [2.05, 4.69) is 30.6 Å². The van der Waals surface area contributed by atoms with Gasteiger partial charge in [-0.1, -0.05) is 0 Å². The van der Waals surface area contributed by atoms with Gasteiger partial charge in [-0.2, -0.15) is 0 Å². The Morgan fingerprint density at radius 1 is 0.963 bits per heavy atom. The van der Waals surface area contributed by atoms with Crippen LogP contribution >= 0.6 is 15.9 Å². The first-order chi connectivity index (χ1) is 12.9. The molecule has 0 aliphatic rings. The highest BCUT2D eigenvalue weighted by Gasteiger charge is 2.05. The van der Waals surface area contributed by atoms with E-state index in [1.165, 1.54) is 37.7 Å². The van der Waals surface area contributed by atoms with Gasteiger partial charge in [0.2, 0.25) is 0 Å². The van der Waals surface area contributed by atoms with Gasteiger partial charge in [-0.3, -0.25) is 4.98 Å². The lowest BCUT2D eigenvalue weighted by Gasteiger charge is -2.00. The molecule has 1 N–H and O–H groups in total. The van der Waals surface area contributed by atoms with E-state index in [1.54, 1.807) is 30.3 Å². The number of methoxy groups -OCH3 is 1. The molecule has 0 spiro atoms. The molecule has 0 aliphatic carbocycles. The fourth-order valence-electron chi connectivity index (χ4n) is 1.93. The highest BCUT2D eigenvalue weighted by molar-refractivity contribution is 9.10. The van der Waals surface area contributed by atoms with Crippen molar-refractivity contribution in [2.45, 2.75) is 0 Å². The Hall–Kier alpha value is -3.13. The van der Waals surface area contributed by atoms with E-state index < -0.39 is 5.97 Å². The molecule has 0 radical (unpaired) electrons. The predicted octanol–water partition coefficient (Wildman–Crippen LogP) is 4.22. The summed E-state index contributed by atoms with van der Waals surface area (Å²) in [6.45, 7) is 0. The minimum atomic E-state index is -1.02. The molecule has 0 saturated carbocycles. The molecule has 0 fully saturated rings. The number of hydrogen-bond donors (Lipinski definition) is 1. The van der Waals surface area contributed by atoms with Crippen LogP contribution in [0.3, 0.4) is 0 Å². The van der Waals surface area contributed by atoms with Gasteiger partial charge < -0.3 is 9.84 Å². The predicted molar refractivity (Wildman–Crippen MR) is 99.9 cm³/mol. The van der Waals surface area contributed by atoms with Crippen molar-refractivity contribution in [3.63, 3.8) is 0 Å².